The first kappa shape index (κ1) is 16.5. The highest BCUT2D eigenvalue weighted by atomic mass is 19.1. The molecule has 2 aromatic carbocycles. The number of halogens is 1. The summed E-state index contributed by atoms with van der Waals surface area (Å²) in [7, 11) is 1.36. The highest BCUT2D eigenvalue weighted by molar-refractivity contribution is 5.94. The van der Waals surface area contributed by atoms with E-state index in [0.717, 1.165) is 11.6 Å². The quantitative estimate of drug-likeness (QED) is 0.891. The summed E-state index contributed by atoms with van der Waals surface area (Å²) < 4.78 is 18.4. The summed E-state index contributed by atoms with van der Waals surface area (Å²) >= 11 is 0. The van der Waals surface area contributed by atoms with Crippen LogP contribution in [-0.4, -0.2) is 18.9 Å². The van der Waals surface area contributed by atoms with Gasteiger partial charge in [0.25, 0.3) is 5.91 Å². The normalized spacial score (nSPS) is 10.0. The smallest absolute Gasteiger partial charge is 0.251 e. The van der Waals surface area contributed by atoms with E-state index < -0.39 is 5.82 Å². The number of amides is 2. The van der Waals surface area contributed by atoms with Crippen LogP contribution in [0.15, 0.2) is 42.5 Å². The minimum Gasteiger partial charge on any atom is -0.494 e. The monoisotopic (exact) mass is 316 g/mol. The highest BCUT2D eigenvalue weighted by Gasteiger charge is 2.09. The third-order valence-corrected chi connectivity index (χ3v) is 3.14. The zero-order valence-electron chi connectivity index (χ0n) is 12.9. The molecule has 0 radical (unpaired) electrons. The Morgan fingerprint density at radius 3 is 2.39 bits per heavy atom. The molecule has 2 aromatic rings. The molecule has 0 spiro atoms. The minimum atomic E-state index is -0.584. The van der Waals surface area contributed by atoms with Crippen molar-refractivity contribution in [2.45, 2.75) is 13.5 Å². The molecule has 5 nitrogen and oxygen atoms in total. The molecule has 0 saturated carbocycles. The number of benzene rings is 2. The summed E-state index contributed by atoms with van der Waals surface area (Å²) in [5.41, 5.74) is 1.77. The van der Waals surface area contributed by atoms with Crippen molar-refractivity contribution < 1.29 is 18.7 Å². The number of ether oxygens (including phenoxy) is 1. The molecule has 0 fully saturated rings. The number of rotatable bonds is 5. The lowest BCUT2D eigenvalue weighted by Gasteiger charge is -2.08. The van der Waals surface area contributed by atoms with Gasteiger partial charge in [0.2, 0.25) is 5.91 Å². The number of hydrogen-bond donors (Lipinski definition) is 2. The van der Waals surface area contributed by atoms with Gasteiger partial charge in [-0.3, -0.25) is 9.59 Å². The molecule has 2 N–H and O–H groups in total. The molecule has 0 heterocycles. The first-order valence-electron chi connectivity index (χ1n) is 6.98. The van der Waals surface area contributed by atoms with Gasteiger partial charge in [-0.15, -0.1) is 0 Å². The van der Waals surface area contributed by atoms with Gasteiger partial charge in [0.05, 0.1) is 7.11 Å². The molecule has 0 atom stereocenters. The Balaban J connectivity index is 1.96. The van der Waals surface area contributed by atoms with Gasteiger partial charge in [-0.2, -0.15) is 0 Å². The van der Waals surface area contributed by atoms with Gasteiger partial charge in [-0.1, -0.05) is 12.1 Å². The van der Waals surface area contributed by atoms with Crippen LogP contribution in [-0.2, 0) is 11.3 Å². The van der Waals surface area contributed by atoms with Crippen molar-refractivity contribution in [1.82, 2.24) is 5.32 Å². The van der Waals surface area contributed by atoms with E-state index in [9.17, 15) is 14.0 Å². The summed E-state index contributed by atoms with van der Waals surface area (Å²) in [6, 6.07) is 11.1. The van der Waals surface area contributed by atoms with Crippen molar-refractivity contribution >= 4 is 17.5 Å². The maximum Gasteiger partial charge on any atom is 0.251 e. The van der Waals surface area contributed by atoms with Gasteiger partial charge in [0.15, 0.2) is 11.6 Å². The molecule has 23 heavy (non-hydrogen) atoms. The van der Waals surface area contributed by atoms with E-state index in [2.05, 4.69) is 10.6 Å². The van der Waals surface area contributed by atoms with Crippen molar-refractivity contribution in [2.75, 3.05) is 12.4 Å². The molecule has 0 unspecified atom stereocenters. The van der Waals surface area contributed by atoms with Crippen LogP contribution in [0.5, 0.6) is 5.75 Å². The molecule has 2 rings (SSSR count). The van der Waals surface area contributed by atoms with E-state index >= 15 is 0 Å². The average Bonchev–Trinajstić information content (AvgIpc) is 2.53. The molecular weight excluding hydrogens is 299 g/mol. The molecule has 120 valence electrons. The Bertz CT molecular complexity index is 714. The lowest BCUT2D eigenvalue weighted by atomic mass is 10.1. The van der Waals surface area contributed by atoms with Crippen molar-refractivity contribution in [1.29, 1.82) is 0 Å². The van der Waals surface area contributed by atoms with Crippen molar-refractivity contribution in [3.63, 3.8) is 0 Å². The van der Waals surface area contributed by atoms with Crippen LogP contribution in [0.4, 0.5) is 10.1 Å². The molecule has 0 aliphatic carbocycles. The average molecular weight is 316 g/mol. The van der Waals surface area contributed by atoms with E-state index in [0.29, 0.717) is 12.2 Å². The number of nitrogens with one attached hydrogen (secondary N) is 2. The van der Waals surface area contributed by atoms with E-state index in [1.54, 1.807) is 24.3 Å². The van der Waals surface area contributed by atoms with Crippen LogP contribution >= 0.6 is 0 Å². The Morgan fingerprint density at radius 2 is 1.83 bits per heavy atom. The molecule has 0 bridgehead atoms. The second-order valence-corrected chi connectivity index (χ2v) is 4.91. The summed E-state index contributed by atoms with van der Waals surface area (Å²) in [5, 5.41) is 5.37. The van der Waals surface area contributed by atoms with Gasteiger partial charge in [-0.25, -0.2) is 4.39 Å². The highest BCUT2D eigenvalue weighted by Crippen LogP contribution is 2.17. The molecule has 0 aromatic heterocycles. The van der Waals surface area contributed by atoms with Crippen LogP contribution in [0.1, 0.15) is 22.8 Å². The van der Waals surface area contributed by atoms with Gasteiger partial charge in [0, 0.05) is 24.7 Å². The Labute approximate surface area is 133 Å². The van der Waals surface area contributed by atoms with Gasteiger partial charge >= 0.3 is 0 Å². The minimum absolute atomic E-state index is 0.0927. The third kappa shape index (κ3) is 4.54. The fourth-order valence-electron chi connectivity index (χ4n) is 2.00. The summed E-state index contributed by atoms with van der Waals surface area (Å²) in [4.78, 5) is 22.9. The maximum absolute atomic E-state index is 13.6. The van der Waals surface area contributed by atoms with Crippen molar-refractivity contribution in [3.05, 3.63) is 59.4 Å². The topological polar surface area (TPSA) is 67.4 Å². The standard InChI is InChI=1S/C17H17FN2O3/c1-11(21)20-14-6-3-12(4-7-14)10-19-17(22)13-5-8-16(23-2)15(18)9-13/h3-9H,10H2,1-2H3,(H,19,22)(H,20,21). The van der Waals surface area contributed by atoms with Crippen LogP contribution in [0.25, 0.3) is 0 Å². The van der Waals surface area contributed by atoms with E-state index in [1.165, 1.54) is 26.2 Å². The molecule has 0 saturated heterocycles. The predicted octanol–water partition coefficient (Wildman–Crippen LogP) is 2.72. The summed E-state index contributed by atoms with van der Waals surface area (Å²) in [5.74, 6) is -1.01. The fraction of sp³-hybridized carbons (Fsp3) is 0.176. The number of anilines is 1. The van der Waals surface area contributed by atoms with Crippen molar-refractivity contribution in [3.8, 4) is 5.75 Å². The van der Waals surface area contributed by atoms with Gasteiger partial charge in [-0.05, 0) is 35.9 Å². The van der Waals surface area contributed by atoms with E-state index in [1.807, 2.05) is 0 Å². The predicted molar refractivity (Wildman–Crippen MR) is 84.9 cm³/mol. The lowest BCUT2D eigenvalue weighted by molar-refractivity contribution is -0.114. The molecule has 0 aliphatic heterocycles. The zero-order chi connectivity index (χ0) is 16.8. The summed E-state index contributed by atoms with van der Waals surface area (Å²) in [6.07, 6.45) is 0. The largest absolute Gasteiger partial charge is 0.494 e. The fourth-order valence-corrected chi connectivity index (χ4v) is 2.00. The van der Waals surface area contributed by atoms with Gasteiger partial charge in [0.1, 0.15) is 0 Å². The first-order chi connectivity index (χ1) is 11.0. The zero-order valence-corrected chi connectivity index (χ0v) is 12.9. The molecule has 6 heteroatoms. The second kappa shape index (κ2) is 7.40. The second-order valence-electron chi connectivity index (χ2n) is 4.91. The number of carbonyl (C=O) groups excluding carboxylic acids is 2. The van der Waals surface area contributed by atoms with Crippen LogP contribution in [0.3, 0.4) is 0 Å². The molecule has 2 amide bonds. The van der Waals surface area contributed by atoms with E-state index in [-0.39, 0.29) is 23.1 Å². The van der Waals surface area contributed by atoms with Crippen LogP contribution < -0.4 is 15.4 Å². The lowest BCUT2D eigenvalue weighted by Crippen LogP contribution is -2.22. The molecular formula is C17H17FN2O3. The van der Waals surface area contributed by atoms with Gasteiger partial charge < -0.3 is 15.4 Å². The Morgan fingerprint density at radius 1 is 1.13 bits per heavy atom. The first-order valence-corrected chi connectivity index (χ1v) is 6.98. The summed E-state index contributed by atoms with van der Waals surface area (Å²) in [6.45, 7) is 1.73. The SMILES string of the molecule is COc1ccc(C(=O)NCc2ccc(NC(C)=O)cc2)cc1F. The number of hydrogen-bond acceptors (Lipinski definition) is 3. The Hall–Kier alpha value is -2.89. The van der Waals surface area contributed by atoms with Crippen molar-refractivity contribution in [2.24, 2.45) is 0 Å². The molecule has 0 aliphatic rings. The maximum atomic E-state index is 13.6. The number of methoxy groups -OCH3 is 1. The third-order valence-electron chi connectivity index (χ3n) is 3.14. The number of carbonyl (C=O) groups is 2. The van der Waals surface area contributed by atoms with Crippen LogP contribution in [0.2, 0.25) is 0 Å². The van der Waals surface area contributed by atoms with E-state index in [4.69, 9.17) is 4.74 Å². The Kier molecular flexibility index (Phi) is 5.30. The van der Waals surface area contributed by atoms with Crippen LogP contribution in [0, 0.1) is 5.82 Å².